The molecule has 0 N–H and O–H groups in total. The molecule has 1 saturated heterocycles. The summed E-state index contributed by atoms with van der Waals surface area (Å²) in [5.41, 5.74) is 1.37. The predicted octanol–water partition coefficient (Wildman–Crippen LogP) is 5.07. The lowest BCUT2D eigenvalue weighted by molar-refractivity contribution is -0.216. The molecule has 1 aliphatic heterocycles. The highest BCUT2D eigenvalue weighted by Crippen LogP contribution is 2.68. The molecule has 30 heavy (non-hydrogen) atoms. The van der Waals surface area contributed by atoms with Crippen LogP contribution in [0, 0.1) is 40.9 Å². The average molecular weight is 415 g/mol. The van der Waals surface area contributed by atoms with Crippen LogP contribution in [0.5, 0.6) is 0 Å². The monoisotopic (exact) mass is 414 g/mol. The molecule has 1 spiro atoms. The lowest BCUT2D eigenvalue weighted by Crippen LogP contribution is -2.56. The van der Waals surface area contributed by atoms with Gasteiger partial charge < -0.3 is 18.9 Å². The summed E-state index contributed by atoms with van der Waals surface area (Å²) in [6.45, 7) is 8.37. The molecule has 5 rings (SSSR count). The fourth-order valence-electron chi connectivity index (χ4n) is 8.14. The Kier molecular flexibility index (Phi) is 4.95. The molecule has 1 heterocycles. The minimum Gasteiger partial charge on any atom is -0.356 e. The van der Waals surface area contributed by atoms with Gasteiger partial charge in [-0.05, 0) is 68.6 Å². The number of methoxy groups -OCH3 is 1. The van der Waals surface area contributed by atoms with Gasteiger partial charge in [0.1, 0.15) is 5.60 Å². The van der Waals surface area contributed by atoms with Crippen LogP contribution in [0.4, 0.5) is 0 Å². The second-order valence-corrected chi connectivity index (χ2v) is 10.9. The molecule has 4 fully saturated rings. The van der Waals surface area contributed by atoms with Crippen molar-refractivity contribution >= 4 is 0 Å². The molecule has 3 saturated carbocycles. The van der Waals surface area contributed by atoms with Crippen molar-refractivity contribution in [2.75, 3.05) is 20.3 Å². The number of ether oxygens (including phenoxy) is 4. The van der Waals surface area contributed by atoms with Gasteiger partial charge in [-0.3, -0.25) is 0 Å². The first kappa shape index (κ1) is 21.0. The quantitative estimate of drug-likeness (QED) is 0.367. The van der Waals surface area contributed by atoms with Gasteiger partial charge in [0.15, 0.2) is 12.1 Å². The van der Waals surface area contributed by atoms with Crippen molar-refractivity contribution in [2.24, 2.45) is 28.6 Å². The molecule has 4 aliphatic carbocycles. The number of terminal acetylenes is 1. The Morgan fingerprint density at radius 3 is 2.53 bits per heavy atom. The van der Waals surface area contributed by atoms with Gasteiger partial charge in [0.2, 0.25) is 0 Å². The van der Waals surface area contributed by atoms with Crippen LogP contribution in [0.25, 0.3) is 0 Å². The zero-order valence-electron chi connectivity index (χ0n) is 19.2. The van der Waals surface area contributed by atoms with Crippen LogP contribution in [0.1, 0.15) is 72.1 Å². The number of rotatable bonds is 3. The number of allylic oxidation sites excluding steroid dienone is 1. The van der Waals surface area contributed by atoms with Gasteiger partial charge in [0.25, 0.3) is 0 Å². The van der Waals surface area contributed by atoms with E-state index in [0.29, 0.717) is 11.8 Å². The lowest BCUT2D eigenvalue weighted by Gasteiger charge is -2.59. The largest absolute Gasteiger partial charge is 0.356 e. The summed E-state index contributed by atoms with van der Waals surface area (Å²) >= 11 is 0. The van der Waals surface area contributed by atoms with Gasteiger partial charge >= 0.3 is 0 Å². The highest BCUT2D eigenvalue weighted by atomic mass is 16.7. The second-order valence-electron chi connectivity index (χ2n) is 10.9. The fourth-order valence-corrected chi connectivity index (χ4v) is 8.14. The molecule has 0 amide bonds. The average Bonchev–Trinajstić information content (AvgIpc) is 3.31. The van der Waals surface area contributed by atoms with Crippen LogP contribution in [-0.2, 0) is 18.9 Å². The van der Waals surface area contributed by atoms with Crippen molar-refractivity contribution in [1.29, 1.82) is 0 Å². The topological polar surface area (TPSA) is 36.9 Å². The third-order valence-corrected chi connectivity index (χ3v) is 9.98. The lowest BCUT2D eigenvalue weighted by atomic mass is 9.46. The van der Waals surface area contributed by atoms with E-state index in [9.17, 15) is 0 Å². The minimum absolute atomic E-state index is 0.0188. The van der Waals surface area contributed by atoms with E-state index in [2.05, 4.69) is 25.8 Å². The van der Waals surface area contributed by atoms with E-state index >= 15 is 0 Å². The van der Waals surface area contributed by atoms with Crippen LogP contribution in [0.15, 0.2) is 11.6 Å². The first-order valence-corrected chi connectivity index (χ1v) is 12.0. The van der Waals surface area contributed by atoms with Crippen molar-refractivity contribution in [3.05, 3.63) is 11.6 Å². The summed E-state index contributed by atoms with van der Waals surface area (Å²) in [4.78, 5) is 0. The van der Waals surface area contributed by atoms with Crippen LogP contribution >= 0.6 is 0 Å². The number of hydrogen-bond donors (Lipinski definition) is 0. The van der Waals surface area contributed by atoms with Crippen LogP contribution < -0.4 is 0 Å². The molecular weight excluding hydrogens is 376 g/mol. The van der Waals surface area contributed by atoms with Gasteiger partial charge in [-0.25, -0.2) is 0 Å². The Morgan fingerprint density at radius 2 is 1.83 bits per heavy atom. The van der Waals surface area contributed by atoms with Gasteiger partial charge in [-0.2, -0.15) is 0 Å². The van der Waals surface area contributed by atoms with E-state index in [1.807, 2.05) is 6.92 Å². The number of fused-ring (bicyclic) bond motifs is 5. The maximum Gasteiger partial charge on any atom is 0.172 e. The maximum atomic E-state index is 6.44. The smallest absolute Gasteiger partial charge is 0.172 e. The fraction of sp³-hybridized carbons (Fsp3) is 0.846. The molecule has 5 aliphatic rings. The van der Waals surface area contributed by atoms with E-state index in [-0.39, 0.29) is 22.9 Å². The van der Waals surface area contributed by atoms with Gasteiger partial charge in [0, 0.05) is 25.4 Å². The van der Waals surface area contributed by atoms with Crippen molar-refractivity contribution in [1.82, 2.24) is 0 Å². The van der Waals surface area contributed by atoms with Crippen LogP contribution in [-0.4, -0.2) is 38.0 Å². The highest BCUT2D eigenvalue weighted by molar-refractivity contribution is 5.30. The number of hydrogen-bond acceptors (Lipinski definition) is 4. The van der Waals surface area contributed by atoms with Crippen molar-refractivity contribution in [3.8, 4) is 12.3 Å². The van der Waals surface area contributed by atoms with Crippen LogP contribution in [0.3, 0.4) is 0 Å². The SMILES string of the molecule is C#C[C@@]1(OC(C)OC)CC[C@H]2[C@@H]3CC=C4CC5(CC[C@]4(C)[C@H]3CC[C@@]21C)OCCO5. The van der Waals surface area contributed by atoms with Crippen molar-refractivity contribution in [2.45, 2.75) is 89.8 Å². The van der Waals surface area contributed by atoms with E-state index in [4.69, 9.17) is 25.4 Å². The van der Waals surface area contributed by atoms with Gasteiger partial charge in [-0.1, -0.05) is 31.4 Å². The summed E-state index contributed by atoms with van der Waals surface area (Å²) < 4.78 is 24.0. The van der Waals surface area contributed by atoms with Crippen LogP contribution in [0.2, 0.25) is 0 Å². The second kappa shape index (κ2) is 7.07. The summed E-state index contributed by atoms with van der Waals surface area (Å²) in [7, 11) is 1.70. The van der Waals surface area contributed by atoms with E-state index in [1.165, 1.54) is 12.8 Å². The van der Waals surface area contributed by atoms with E-state index in [1.54, 1.807) is 12.7 Å². The Morgan fingerprint density at radius 1 is 1.10 bits per heavy atom. The van der Waals surface area contributed by atoms with Crippen molar-refractivity contribution in [3.63, 3.8) is 0 Å². The highest BCUT2D eigenvalue weighted by Gasteiger charge is 2.65. The van der Waals surface area contributed by atoms with Crippen molar-refractivity contribution < 1.29 is 18.9 Å². The molecule has 0 aromatic rings. The first-order valence-electron chi connectivity index (χ1n) is 12.0. The molecule has 1 unspecified atom stereocenters. The molecule has 0 radical (unpaired) electrons. The summed E-state index contributed by atoms with van der Waals surface area (Å²) in [6, 6.07) is 0. The molecule has 0 bridgehead atoms. The zero-order valence-corrected chi connectivity index (χ0v) is 19.2. The molecule has 166 valence electrons. The summed E-state index contributed by atoms with van der Waals surface area (Å²) in [5.74, 6) is 4.82. The van der Waals surface area contributed by atoms with E-state index < -0.39 is 5.60 Å². The standard InChI is InChI=1S/C26H38O4/c1-6-25(30-18(2)27-5)12-10-22-20-8-7-19-17-26(28-15-16-29-26)14-13-23(19,3)21(20)9-11-24(22,25)4/h1,7,18,20-22H,8-17H2,2-5H3/t18?,20-,21+,22+,23+,24+,25-/m1/s1. The molecule has 4 heteroatoms. The maximum absolute atomic E-state index is 6.44. The normalized spacial score (nSPS) is 47.7. The Balaban J connectivity index is 1.43. The van der Waals surface area contributed by atoms with Gasteiger partial charge in [0.05, 0.1) is 13.2 Å². The molecule has 0 aromatic heterocycles. The molecule has 4 nitrogen and oxygen atoms in total. The summed E-state index contributed by atoms with van der Waals surface area (Å²) in [6.07, 6.45) is 17.2. The predicted molar refractivity (Wildman–Crippen MR) is 115 cm³/mol. The molecular formula is C26H38O4. The summed E-state index contributed by atoms with van der Waals surface area (Å²) in [5, 5.41) is 0. The Labute approximate surface area is 182 Å². The minimum atomic E-state index is -0.509. The third kappa shape index (κ3) is 2.75. The van der Waals surface area contributed by atoms with Gasteiger partial charge in [-0.15, -0.1) is 6.42 Å². The Hall–Kier alpha value is -0.860. The first-order chi connectivity index (χ1) is 14.3. The third-order valence-electron chi connectivity index (χ3n) is 9.98. The molecule has 7 atom stereocenters. The zero-order chi connectivity index (χ0) is 21.2. The molecule has 0 aromatic carbocycles. The Bertz CT molecular complexity index is 761. The van der Waals surface area contributed by atoms with E-state index in [0.717, 1.165) is 57.7 Å².